The molecule has 1 aromatic carbocycles. The SMILES string of the molecule is COc1ccc2c(c1)nc(C(F)(F)F)n2-c1ccc(NC(=O)C(C)(C)C)nc1. The van der Waals surface area contributed by atoms with Crippen molar-refractivity contribution >= 4 is 22.8 Å². The van der Waals surface area contributed by atoms with Crippen molar-refractivity contribution in [2.75, 3.05) is 12.4 Å². The molecule has 1 amide bonds. The van der Waals surface area contributed by atoms with E-state index in [9.17, 15) is 18.0 Å². The Morgan fingerprint density at radius 3 is 2.39 bits per heavy atom. The molecule has 2 heterocycles. The minimum atomic E-state index is -4.66. The van der Waals surface area contributed by atoms with Crippen molar-refractivity contribution in [3.8, 4) is 11.4 Å². The average molecular weight is 392 g/mol. The van der Waals surface area contributed by atoms with E-state index < -0.39 is 17.4 Å². The first-order valence-corrected chi connectivity index (χ1v) is 8.42. The van der Waals surface area contributed by atoms with Gasteiger partial charge in [-0.3, -0.25) is 9.36 Å². The molecule has 0 bridgehead atoms. The predicted octanol–water partition coefficient (Wildman–Crippen LogP) is 4.43. The summed E-state index contributed by atoms with van der Waals surface area (Å²) in [5, 5.41) is 2.64. The van der Waals surface area contributed by atoms with Gasteiger partial charge in [0.1, 0.15) is 11.6 Å². The Bertz CT molecular complexity index is 1020. The fourth-order valence-electron chi connectivity index (χ4n) is 2.53. The van der Waals surface area contributed by atoms with Gasteiger partial charge in [0.15, 0.2) is 0 Å². The number of halogens is 3. The highest BCUT2D eigenvalue weighted by Crippen LogP contribution is 2.34. The number of imidazole rings is 1. The van der Waals surface area contributed by atoms with Gasteiger partial charge in [0.25, 0.3) is 0 Å². The number of rotatable bonds is 3. The number of ether oxygens (including phenoxy) is 1. The summed E-state index contributed by atoms with van der Waals surface area (Å²) in [6, 6.07) is 7.41. The molecular formula is C19H19F3N4O2. The first-order chi connectivity index (χ1) is 13.0. The monoisotopic (exact) mass is 392 g/mol. The van der Waals surface area contributed by atoms with Gasteiger partial charge in [0.2, 0.25) is 11.7 Å². The van der Waals surface area contributed by atoms with Crippen LogP contribution in [0.3, 0.4) is 0 Å². The number of aromatic nitrogens is 3. The zero-order valence-electron chi connectivity index (χ0n) is 15.8. The number of anilines is 1. The van der Waals surface area contributed by atoms with Gasteiger partial charge < -0.3 is 10.1 Å². The Kier molecular flexibility index (Phi) is 4.78. The van der Waals surface area contributed by atoms with Crippen LogP contribution in [0, 0.1) is 5.41 Å². The zero-order valence-corrected chi connectivity index (χ0v) is 15.8. The summed E-state index contributed by atoms with van der Waals surface area (Å²) in [5.41, 5.74) is -0.0319. The first kappa shape index (κ1) is 19.7. The molecule has 0 aliphatic carbocycles. The molecule has 0 aliphatic heterocycles. The van der Waals surface area contributed by atoms with Crippen LogP contribution in [0.15, 0.2) is 36.5 Å². The fraction of sp³-hybridized carbons (Fsp3) is 0.316. The third-order valence-corrected chi connectivity index (χ3v) is 4.04. The van der Waals surface area contributed by atoms with Crippen LogP contribution in [0.1, 0.15) is 26.6 Å². The quantitative estimate of drug-likeness (QED) is 0.716. The van der Waals surface area contributed by atoms with E-state index in [1.54, 1.807) is 26.8 Å². The molecule has 6 nitrogen and oxygen atoms in total. The van der Waals surface area contributed by atoms with E-state index >= 15 is 0 Å². The van der Waals surface area contributed by atoms with E-state index in [1.165, 1.54) is 37.6 Å². The van der Waals surface area contributed by atoms with E-state index in [4.69, 9.17) is 4.74 Å². The number of benzene rings is 1. The van der Waals surface area contributed by atoms with Crippen molar-refractivity contribution in [1.29, 1.82) is 0 Å². The van der Waals surface area contributed by atoms with Gasteiger partial charge in [-0.25, -0.2) is 9.97 Å². The first-order valence-electron chi connectivity index (χ1n) is 8.42. The van der Waals surface area contributed by atoms with E-state index in [1.807, 2.05) is 0 Å². The van der Waals surface area contributed by atoms with Crippen LogP contribution >= 0.6 is 0 Å². The molecule has 1 N–H and O–H groups in total. The lowest BCUT2D eigenvalue weighted by Crippen LogP contribution is -2.28. The van der Waals surface area contributed by atoms with Crippen LogP contribution in [0.4, 0.5) is 19.0 Å². The lowest BCUT2D eigenvalue weighted by atomic mass is 9.96. The summed E-state index contributed by atoms with van der Waals surface area (Å²) in [7, 11) is 1.43. The van der Waals surface area contributed by atoms with Crippen LogP contribution in [-0.4, -0.2) is 27.6 Å². The number of methoxy groups -OCH3 is 1. The second-order valence-electron chi connectivity index (χ2n) is 7.23. The molecule has 0 fully saturated rings. The summed E-state index contributed by atoms with van der Waals surface area (Å²) in [4.78, 5) is 19.9. The minimum absolute atomic E-state index is 0.150. The van der Waals surface area contributed by atoms with Crippen LogP contribution in [0.5, 0.6) is 5.75 Å². The summed E-state index contributed by atoms with van der Waals surface area (Å²) in [6.45, 7) is 5.24. The zero-order chi connectivity index (χ0) is 20.7. The minimum Gasteiger partial charge on any atom is -0.497 e. The number of carbonyl (C=O) groups is 1. The lowest BCUT2D eigenvalue weighted by Gasteiger charge is -2.17. The van der Waals surface area contributed by atoms with Crippen molar-refractivity contribution < 1.29 is 22.7 Å². The molecule has 0 spiro atoms. The maximum atomic E-state index is 13.5. The van der Waals surface area contributed by atoms with E-state index in [0.29, 0.717) is 5.75 Å². The van der Waals surface area contributed by atoms with Gasteiger partial charge in [-0.1, -0.05) is 20.8 Å². The van der Waals surface area contributed by atoms with Crippen molar-refractivity contribution in [3.05, 3.63) is 42.4 Å². The molecule has 3 aromatic rings. The van der Waals surface area contributed by atoms with Gasteiger partial charge in [-0.2, -0.15) is 13.2 Å². The number of hydrogen-bond donors (Lipinski definition) is 1. The van der Waals surface area contributed by atoms with Crippen LogP contribution in [0.2, 0.25) is 0 Å². The Hall–Kier alpha value is -3.10. The lowest BCUT2D eigenvalue weighted by molar-refractivity contribution is -0.145. The van der Waals surface area contributed by atoms with Crippen molar-refractivity contribution in [2.45, 2.75) is 26.9 Å². The molecule has 0 saturated heterocycles. The molecule has 0 radical (unpaired) electrons. The van der Waals surface area contributed by atoms with E-state index in [-0.39, 0.29) is 28.4 Å². The number of fused-ring (bicyclic) bond motifs is 1. The molecule has 0 unspecified atom stereocenters. The van der Waals surface area contributed by atoms with Crippen LogP contribution in [0.25, 0.3) is 16.7 Å². The molecule has 2 aromatic heterocycles. The summed E-state index contributed by atoms with van der Waals surface area (Å²) in [5.74, 6) is -0.652. The van der Waals surface area contributed by atoms with Gasteiger partial charge in [0.05, 0.1) is 30.0 Å². The third-order valence-electron chi connectivity index (χ3n) is 4.04. The fourth-order valence-corrected chi connectivity index (χ4v) is 2.53. The topological polar surface area (TPSA) is 69.0 Å². The maximum Gasteiger partial charge on any atom is 0.450 e. The highest BCUT2D eigenvalue weighted by Gasteiger charge is 2.38. The van der Waals surface area contributed by atoms with E-state index in [0.717, 1.165) is 4.57 Å². The molecule has 0 aliphatic rings. The summed E-state index contributed by atoms with van der Waals surface area (Å²) in [6.07, 6.45) is -3.40. The van der Waals surface area contributed by atoms with E-state index in [2.05, 4.69) is 15.3 Å². The molecular weight excluding hydrogens is 373 g/mol. The Labute approximate surface area is 159 Å². The van der Waals surface area contributed by atoms with Crippen molar-refractivity contribution in [1.82, 2.24) is 14.5 Å². The van der Waals surface area contributed by atoms with Gasteiger partial charge >= 0.3 is 6.18 Å². The highest BCUT2D eigenvalue weighted by atomic mass is 19.4. The molecule has 28 heavy (non-hydrogen) atoms. The number of nitrogens with one attached hydrogen (secondary N) is 1. The number of nitrogens with zero attached hydrogens (tertiary/aromatic N) is 3. The van der Waals surface area contributed by atoms with Gasteiger partial charge in [-0.05, 0) is 24.3 Å². The summed E-state index contributed by atoms with van der Waals surface area (Å²) >= 11 is 0. The smallest absolute Gasteiger partial charge is 0.450 e. The van der Waals surface area contributed by atoms with Gasteiger partial charge in [-0.15, -0.1) is 0 Å². The number of pyridine rings is 1. The largest absolute Gasteiger partial charge is 0.497 e. The third kappa shape index (κ3) is 3.78. The maximum absolute atomic E-state index is 13.5. The van der Waals surface area contributed by atoms with Crippen molar-refractivity contribution in [2.24, 2.45) is 5.41 Å². The number of amides is 1. The predicted molar refractivity (Wildman–Crippen MR) is 98.5 cm³/mol. The number of alkyl halides is 3. The number of hydrogen-bond acceptors (Lipinski definition) is 4. The summed E-state index contributed by atoms with van der Waals surface area (Å²) < 4.78 is 46.7. The van der Waals surface area contributed by atoms with Gasteiger partial charge in [0, 0.05) is 11.5 Å². The molecule has 3 rings (SSSR count). The second-order valence-corrected chi connectivity index (χ2v) is 7.23. The Morgan fingerprint density at radius 2 is 1.86 bits per heavy atom. The normalized spacial score (nSPS) is 12.2. The average Bonchev–Trinajstić information content (AvgIpc) is 3.00. The molecule has 0 atom stereocenters. The van der Waals surface area contributed by atoms with Crippen LogP contribution in [-0.2, 0) is 11.0 Å². The van der Waals surface area contributed by atoms with Crippen molar-refractivity contribution in [3.63, 3.8) is 0 Å². The van der Waals surface area contributed by atoms with Crippen LogP contribution < -0.4 is 10.1 Å². The highest BCUT2D eigenvalue weighted by molar-refractivity contribution is 5.93. The Balaban J connectivity index is 2.06. The molecule has 0 saturated carbocycles. The molecule has 9 heteroatoms. The Morgan fingerprint density at radius 1 is 1.14 bits per heavy atom. The number of carbonyl (C=O) groups excluding carboxylic acids is 1. The molecule has 148 valence electrons. The standard InChI is InChI=1S/C19H19F3N4O2/c1-18(2,3)17(27)25-15-8-5-11(10-23-15)26-14-7-6-12(28-4)9-13(14)24-16(26)19(20,21)22/h5-10H,1-4H3,(H,23,25,27). The second kappa shape index (κ2) is 6.81.